The van der Waals surface area contributed by atoms with Crippen molar-refractivity contribution < 1.29 is 28.8 Å². The van der Waals surface area contributed by atoms with Crippen LogP contribution < -0.4 is 14.8 Å². The number of anilines is 1. The Bertz CT molecular complexity index is 1480. The summed E-state index contributed by atoms with van der Waals surface area (Å²) in [5.41, 5.74) is 3.88. The zero-order valence-electron chi connectivity index (χ0n) is 21.4. The second-order valence-electron chi connectivity index (χ2n) is 8.69. The molecule has 0 radical (unpaired) electrons. The van der Waals surface area contributed by atoms with Crippen molar-refractivity contribution in [3.63, 3.8) is 0 Å². The molecule has 0 spiro atoms. The van der Waals surface area contributed by atoms with Gasteiger partial charge in [-0.15, -0.1) is 0 Å². The van der Waals surface area contributed by atoms with E-state index < -0.39 is 28.5 Å². The summed E-state index contributed by atoms with van der Waals surface area (Å²) in [7, 11) is 1.47. The number of thioether (sulfide) groups is 1. The molecular weight excluding hydrogens is 522 g/mol. The van der Waals surface area contributed by atoms with Gasteiger partial charge in [0.1, 0.15) is 13.2 Å². The summed E-state index contributed by atoms with van der Waals surface area (Å²) in [6, 6.07) is 16.6. The number of nitro groups is 1. The number of imide groups is 1. The van der Waals surface area contributed by atoms with Crippen molar-refractivity contribution in [2.75, 3.05) is 19.0 Å². The van der Waals surface area contributed by atoms with Gasteiger partial charge < -0.3 is 14.8 Å². The number of carbonyl (C=O) groups excluding carboxylic acids is 3. The van der Waals surface area contributed by atoms with Crippen LogP contribution in [0.15, 0.2) is 65.6 Å². The molecule has 0 unspecified atom stereocenters. The van der Waals surface area contributed by atoms with Gasteiger partial charge in [-0.2, -0.15) is 0 Å². The minimum Gasteiger partial charge on any atom is -0.493 e. The lowest BCUT2D eigenvalue weighted by molar-refractivity contribution is -0.384. The van der Waals surface area contributed by atoms with Gasteiger partial charge in [0.25, 0.3) is 16.8 Å². The number of aryl methyl sites for hydroxylation is 1. The van der Waals surface area contributed by atoms with Crippen LogP contribution >= 0.6 is 11.8 Å². The van der Waals surface area contributed by atoms with E-state index in [4.69, 9.17) is 9.47 Å². The first-order chi connectivity index (χ1) is 18.7. The fourth-order valence-electron chi connectivity index (χ4n) is 3.78. The number of hydrogen-bond donors (Lipinski definition) is 1. The smallest absolute Gasteiger partial charge is 0.294 e. The van der Waals surface area contributed by atoms with Crippen LogP contribution in [0.5, 0.6) is 11.5 Å². The van der Waals surface area contributed by atoms with Gasteiger partial charge in [0.15, 0.2) is 11.5 Å². The van der Waals surface area contributed by atoms with Crippen LogP contribution in [-0.4, -0.2) is 40.5 Å². The van der Waals surface area contributed by atoms with Crippen molar-refractivity contribution in [2.24, 2.45) is 0 Å². The first-order valence-electron chi connectivity index (χ1n) is 11.8. The highest BCUT2D eigenvalue weighted by atomic mass is 32.2. The zero-order valence-corrected chi connectivity index (χ0v) is 22.2. The molecule has 0 bridgehead atoms. The molecule has 11 heteroatoms. The van der Waals surface area contributed by atoms with Crippen LogP contribution in [0.1, 0.15) is 22.3 Å². The fraction of sp³-hybridized carbons (Fsp3) is 0.179. The van der Waals surface area contributed by atoms with E-state index in [1.54, 1.807) is 42.5 Å². The van der Waals surface area contributed by atoms with E-state index in [2.05, 4.69) is 5.32 Å². The molecule has 3 amide bonds. The van der Waals surface area contributed by atoms with E-state index in [9.17, 15) is 24.5 Å². The van der Waals surface area contributed by atoms with Crippen LogP contribution in [0.4, 0.5) is 16.2 Å². The van der Waals surface area contributed by atoms with Crippen LogP contribution in [0.2, 0.25) is 0 Å². The Labute approximate surface area is 228 Å². The van der Waals surface area contributed by atoms with Crippen molar-refractivity contribution in [1.29, 1.82) is 0 Å². The molecule has 39 heavy (non-hydrogen) atoms. The Kier molecular flexibility index (Phi) is 8.30. The molecule has 3 aromatic carbocycles. The lowest BCUT2D eigenvalue weighted by Crippen LogP contribution is -2.36. The largest absolute Gasteiger partial charge is 0.493 e. The Morgan fingerprint density at radius 3 is 2.51 bits per heavy atom. The standard InChI is InChI=1S/C28H25N3O7S/c1-17-5-4-6-22(18(17)2)29-26(32)15-30-27(33)25(39-28(30)34)14-20-9-12-23(24(13-20)37-3)38-16-19-7-10-21(11-8-19)31(35)36/h4-14H,15-16H2,1-3H3,(H,29,32)/b25-14+. The summed E-state index contributed by atoms with van der Waals surface area (Å²) in [4.78, 5) is 49.4. The minimum atomic E-state index is -0.557. The van der Waals surface area contributed by atoms with Crippen LogP contribution in [-0.2, 0) is 16.2 Å². The molecule has 1 N–H and O–H groups in total. The lowest BCUT2D eigenvalue weighted by atomic mass is 10.1. The molecule has 0 aliphatic carbocycles. The second-order valence-corrected chi connectivity index (χ2v) is 9.68. The van der Waals surface area contributed by atoms with Gasteiger partial charge in [0.05, 0.1) is 16.9 Å². The summed E-state index contributed by atoms with van der Waals surface area (Å²) < 4.78 is 11.2. The Morgan fingerprint density at radius 2 is 1.82 bits per heavy atom. The summed E-state index contributed by atoms with van der Waals surface area (Å²) in [6.45, 7) is 3.58. The van der Waals surface area contributed by atoms with E-state index in [1.807, 2.05) is 26.0 Å². The monoisotopic (exact) mass is 547 g/mol. The quantitative estimate of drug-likeness (QED) is 0.212. The molecule has 200 valence electrons. The van der Waals surface area contributed by atoms with E-state index in [0.29, 0.717) is 22.7 Å². The third-order valence-electron chi connectivity index (χ3n) is 6.08. The van der Waals surface area contributed by atoms with Crippen LogP contribution in [0, 0.1) is 24.0 Å². The molecule has 0 atom stereocenters. The average molecular weight is 548 g/mol. The highest BCUT2D eigenvalue weighted by molar-refractivity contribution is 8.18. The number of nitro benzene ring substituents is 1. The topological polar surface area (TPSA) is 128 Å². The number of rotatable bonds is 9. The number of non-ortho nitro benzene ring substituents is 1. The predicted molar refractivity (Wildman–Crippen MR) is 148 cm³/mol. The number of hydrogen-bond acceptors (Lipinski definition) is 8. The van der Waals surface area contributed by atoms with E-state index in [-0.39, 0.29) is 17.2 Å². The summed E-state index contributed by atoms with van der Waals surface area (Å²) in [5.74, 6) is -0.191. The van der Waals surface area contributed by atoms with Crippen molar-refractivity contribution in [3.8, 4) is 11.5 Å². The normalized spacial score (nSPS) is 14.0. The Balaban J connectivity index is 1.42. The molecule has 3 aromatic rings. The molecule has 1 aliphatic rings. The molecule has 1 saturated heterocycles. The lowest BCUT2D eigenvalue weighted by Gasteiger charge is -2.14. The molecule has 0 saturated carbocycles. The maximum Gasteiger partial charge on any atom is 0.294 e. The van der Waals surface area contributed by atoms with Crippen LogP contribution in [0.25, 0.3) is 6.08 Å². The third kappa shape index (κ3) is 6.44. The summed E-state index contributed by atoms with van der Waals surface area (Å²) in [5, 5.41) is 13.0. The molecule has 1 fully saturated rings. The predicted octanol–water partition coefficient (Wildman–Crippen LogP) is 5.47. The molecule has 10 nitrogen and oxygen atoms in total. The van der Waals surface area contributed by atoms with Crippen molar-refractivity contribution in [1.82, 2.24) is 4.90 Å². The average Bonchev–Trinajstić information content (AvgIpc) is 3.17. The van der Waals surface area contributed by atoms with Crippen molar-refractivity contribution >= 4 is 46.3 Å². The SMILES string of the molecule is COc1cc(/C=C2/SC(=O)N(CC(=O)Nc3cccc(C)c3C)C2=O)ccc1OCc1ccc([N+](=O)[O-])cc1. The van der Waals surface area contributed by atoms with E-state index in [1.165, 1.54) is 19.2 Å². The van der Waals surface area contributed by atoms with Gasteiger partial charge in [-0.1, -0.05) is 18.2 Å². The maximum atomic E-state index is 12.9. The molecule has 1 heterocycles. The maximum absolute atomic E-state index is 12.9. The van der Waals surface area contributed by atoms with Gasteiger partial charge in [0.2, 0.25) is 5.91 Å². The van der Waals surface area contributed by atoms with Gasteiger partial charge in [0, 0.05) is 17.8 Å². The highest BCUT2D eigenvalue weighted by Gasteiger charge is 2.36. The Morgan fingerprint density at radius 1 is 1.08 bits per heavy atom. The number of carbonyl (C=O) groups is 3. The molecule has 0 aromatic heterocycles. The number of nitrogens with zero attached hydrogens (tertiary/aromatic N) is 2. The van der Waals surface area contributed by atoms with Crippen molar-refractivity contribution in [2.45, 2.75) is 20.5 Å². The summed E-state index contributed by atoms with van der Waals surface area (Å²) in [6.07, 6.45) is 1.55. The molecular formula is C28H25N3O7S. The number of amides is 3. The number of nitrogens with one attached hydrogen (secondary N) is 1. The Hall–Kier alpha value is -4.64. The van der Waals surface area contributed by atoms with Gasteiger partial charge in [-0.05, 0) is 84.3 Å². The number of ether oxygens (including phenoxy) is 2. The van der Waals surface area contributed by atoms with Crippen LogP contribution in [0.3, 0.4) is 0 Å². The van der Waals surface area contributed by atoms with Crippen molar-refractivity contribution in [3.05, 3.63) is 97.9 Å². The first-order valence-corrected chi connectivity index (χ1v) is 12.6. The minimum absolute atomic E-state index is 0.00731. The second kappa shape index (κ2) is 11.8. The van der Waals surface area contributed by atoms with Gasteiger partial charge >= 0.3 is 0 Å². The van der Waals surface area contributed by atoms with Gasteiger partial charge in [-0.25, -0.2) is 0 Å². The van der Waals surface area contributed by atoms with Gasteiger partial charge in [-0.3, -0.25) is 29.4 Å². The summed E-state index contributed by atoms with van der Waals surface area (Å²) >= 11 is 0.757. The zero-order chi connectivity index (χ0) is 28.1. The first kappa shape index (κ1) is 27.4. The molecule has 1 aliphatic heterocycles. The van der Waals surface area contributed by atoms with E-state index in [0.717, 1.165) is 33.4 Å². The number of benzene rings is 3. The highest BCUT2D eigenvalue weighted by Crippen LogP contribution is 2.35. The fourth-order valence-corrected chi connectivity index (χ4v) is 4.61. The molecule has 4 rings (SSSR count). The number of methoxy groups -OCH3 is 1. The third-order valence-corrected chi connectivity index (χ3v) is 6.99. The van der Waals surface area contributed by atoms with E-state index >= 15 is 0 Å².